The molecule has 0 unspecified atom stereocenters. The van der Waals surface area contributed by atoms with E-state index in [1.165, 1.54) is 5.56 Å². The summed E-state index contributed by atoms with van der Waals surface area (Å²) in [7, 11) is 0. The molecular weight excluding hydrogens is 300 g/mol. The molecule has 2 rings (SSSR count). The first-order valence-corrected chi connectivity index (χ1v) is 6.78. The number of alkyl halides is 1. The molecule has 2 aromatic rings. The highest BCUT2D eigenvalue weighted by Crippen LogP contribution is 2.27. The van der Waals surface area contributed by atoms with Crippen LogP contribution in [0.4, 0.5) is 0 Å². The molecule has 1 nitrogen and oxygen atoms in total. The second kappa shape index (κ2) is 5.56. The van der Waals surface area contributed by atoms with Gasteiger partial charge in [-0.2, -0.15) is 0 Å². The zero-order valence-electron chi connectivity index (χ0n) is 9.41. The van der Waals surface area contributed by atoms with E-state index in [0.29, 0.717) is 5.02 Å². The molecule has 0 amide bonds. The lowest BCUT2D eigenvalue weighted by molar-refractivity contribution is 0.482. The molecule has 0 heterocycles. The van der Waals surface area contributed by atoms with E-state index in [9.17, 15) is 0 Å². The Bertz CT molecular complexity index is 508. The molecule has 0 aromatic heterocycles. The van der Waals surface area contributed by atoms with Gasteiger partial charge in [-0.25, -0.2) is 0 Å². The number of rotatable bonds is 3. The van der Waals surface area contributed by atoms with Crippen LogP contribution in [0.2, 0.25) is 5.02 Å². The average molecular weight is 312 g/mol. The number of ether oxygens (including phenoxy) is 1. The maximum atomic E-state index is 6.11. The number of hydrogen-bond acceptors (Lipinski definition) is 1. The Labute approximate surface area is 115 Å². The van der Waals surface area contributed by atoms with Gasteiger partial charge in [0.1, 0.15) is 11.5 Å². The highest BCUT2D eigenvalue weighted by molar-refractivity contribution is 9.08. The summed E-state index contributed by atoms with van der Waals surface area (Å²) in [5.41, 5.74) is 2.27. The Morgan fingerprint density at radius 2 is 1.71 bits per heavy atom. The fourth-order valence-corrected chi connectivity index (χ4v) is 2.33. The molecule has 3 heteroatoms. The van der Waals surface area contributed by atoms with Crippen molar-refractivity contribution in [3.63, 3.8) is 0 Å². The van der Waals surface area contributed by atoms with Gasteiger partial charge in [-0.05, 0) is 36.8 Å². The lowest BCUT2D eigenvalue weighted by Crippen LogP contribution is -1.86. The van der Waals surface area contributed by atoms with E-state index in [2.05, 4.69) is 15.9 Å². The molecule has 0 fully saturated rings. The minimum absolute atomic E-state index is 0.714. The number of benzene rings is 2. The van der Waals surface area contributed by atoms with Crippen molar-refractivity contribution >= 4 is 27.5 Å². The van der Waals surface area contributed by atoms with Gasteiger partial charge in [-0.15, -0.1) is 0 Å². The summed E-state index contributed by atoms with van der Waals surface area (Å²) < 4.78 is 5.71. The summed E-state index contributed by atoms with van der Waals surface area (Å²) >= 11 is 9.49. The quantitative estimate of drug-likeness (QED) is 0.696. The van der Waals surface area contributed by atoms with Crippen LogP contribution in [0.3, 0.4) is 0 Å². The lowest BCUT2D eigenvalue weighted by atomic mass is 10.2. The number of halogens is 2. The first-order chi connectivity index (χ1) is 8.19. The minimum atomic E-state index is 0.714. The lowest BCUT2D eigenvalue weighted by Gasteiger charge is -2.07. The second-order valence-electron chi connectivity index (χ2n) is 3.80. The van der Waals surface area contributed by atoms with Crippen LogP contribution in [0.1, 0.15) is 11.1 Å². The SMILES string of the molecule is Cc1ccc(Oc2ccc(CBr)c(Cl)c2)cc1. The highest BCUT2D eigenvalue weighted by Gasteiger charge is 2.02. The Morgan fingerprint density at radius 3 is 2.29 bits per heavy atom. The van der Waals surface area contributed by atoms with Gasteiger partial charge in [0.15, 0.2) is 0 Å². The maximum Gasteiger partial charge on any atom is 0.128 e. The van der Waals surface area contributed by atoms with Crippen LogP contribution in [-0.4, -0.2) is 0 Å². The van der Waals surface area contributed by atoms with Crippen molar-refractivity contribution in [1.29, 1.82) is 0 Å². The highest BCUT2D eigenvalue weighted by atomic mass is 79.9. The van der Waals surface area contributed by atoms with Gasteiger partial charge in [0.2, 0.25) is 0 Å². The molecule has 0 atom stereocenters. The van der Waals surface area contributed by atoms with E-state index in [1.807, 2.05) is 49.4 Å². The maximum absolute atomic E-state index is 6.11. The van der Waals surface area contributed by atoms with Crippen LogP contribution in [0.15, 0.2) is 42.5 Å². The van der Waals surface area contributed by atoms with Gasteiger partial charge < -0.3 is 4.74 Å². The van der Waals surface area contributed by atoms with Crippen molar-refractivity contribution in [2.24, 2.45) is 0 Å². The van der Waals surface area contributed by atoms with Crippen LogP contribution in [0.25, 0.3) is 0 Å². The second-order valence-corrected chi connectivity index (χ2v) is 4.77. The van der Waals surface area contributed by atoms with Crippen LogP contribution >= 0.6 is 27.5 Å². The third kappa shape index (κ3) is 3.24. The summed E-state index contributed by atoms with van der Waals surface area (Å²) in [6, 6.07) is 13.6. The van der Waals surface area contributed by atoms with E-state index < -0.39 is 0 Å². The smallest absolute Gasteiger partial charge is 0.128 e. The molecule has 0 spiro atoms. The molecule has 88 valence electrons. The first-order valence-electron chi connectivity index (χ1n) is 5.28. The molecule has 0 saturated heterocycles. The largest absolute Gasteiger partial charge is 0.457 e. The molecule has 0 bridgehead atoms. The number of hydrogen-bond donors (Lipinski definition) is 0. The summed E-state index contributed by atoms with van der Waals surface area (Å²) in [6.45, 7) is 2.05. The van der Waals surface area contributed by atoms with Crippen LogP contribution < -0.4 is 4.74 Å². The molecule has 0 aliphatic heterocycles. The van der Waals surface area contributed by atoms with Crippen LogP contribution in [-0.2, 0) is 5.33 Å². The average Bonchev–Trinajstić information content (AvgIpc) is 2.32. The molecular formula is C14H12BrClO. The van der Waals surface area contributed by atoms with Crippen LogP contribution in [0, 0.1) is 6.92 Å². The Balaban J connectivity index is 2.19. The van der Waals surface area contributed by atoms with Gasteiger partial charge in [-0.3, -0.25) is 0 Å². The van der Waals surface area contributed by atoms with E-state index in [1.54, 1.807) is 0 Å². The molecule has 0 aliphatic rings. The molecule has 0 aliphatic carbocycles. The molecule has 0 saturated carbocycles. The monoisotopic (exact) mass is 310 g/mol. The van der Waals surface area contributed by atoms with Crippen molar-refractivity contribution in [1.82, 2.24) is 0 Å². The van der Waals surface area contributed by atoms with Gasteiger partial charge in [0.05, 0.1) is 0 Å². The van der Waals surface area contributed by atoms with Gasteiger partial charge >= 0.3 is 0 Å². The standard InChI is InChI=1S/C14H12BrClO/c1-10-2-5-12(6-3-10)17-13-7-4-11(9-15)14(16)8-13/h2-8H,9H2,1H3. The summed E-state index contributed by atoms with van der Waals surface area (Å²) in [5.74, 6) is 1.57. The van der Waals surface area contributed by atoms with Gasteiger partial charge in [0.25, 0.3) is 0 Å². The number of aryl methyl sites for hydroxylation is 1. The Morgan fingerprint density at radius 1 is 1.06 bits per heavy atom. The third-order valence-electron chi connectivity index (χ3n) is 2.43. The topological polar surface area (TPSA) is 9.23 Å². The van der Waals surface area contributed by atoms with E-state index in [4.69, 9.17) is 16.3 Å². The van der Waals surface area contributed by atoms with Crippen LogP contribution in [0.5, 0.6) is 11.5 Å². The van der Waals surface area contributed by atoms with Gasteiger partial charge in [-0.1, -0.05) is 51.3 Å². The van der Waals surface area contributed by atoms with Gasteiger partial charge in [0, 0.05) is 10.4 Å². The molecule has 0 N–H and O–H groups in total. The van der Waals surface area contributed by atoms with Crippen molar-refractivity contribution in [3.8, 4) is 11.5 Å². The predicted octanol–water partition coefficient (Wildman–Crippen LogP) is 5.34. The van der Waals surface area contributed by atoms with Crippen molar-refractivity contribution in [3.05, 3.63) is 58.6 Å². The summed E-state index contributed by atoms with van der Waals surface area (Å²) in [4.78, 5) is 0. The fourth-order valence-electron chi connectivity index (χ4n) is 1.44. The molecule has 2 aromatic carbocycles. The fraction of sp³-hybridized carbons (Fsp3) is 0.143. The van der Waals surface area contributed by atoms with E-state index in [0.717, 1.165) is 22.4 Å². The Hall–Kier alpha value is -0.990. The molecule has 17 heavy (non-hydrogen) atoms. The Kier molecular flexibility index (Phi) is 4.08. The van der Waals surface area contributed by atoms with Crippen molar-refractivity contribution in [2.75, 3.05) is 0 Å². The zero-order valence-corrected chi connectivity index (χ0v) is 11.8. The van der Waals surface area contributed by atoms with E-state index >= 15 is 0 Å². The first kappa shape index (κ1) is 12.5. The summed E-state index contributed by atoms with van der Waals surface area (Å²) in [5, 5.41) is 1.46. The predicted molar refractivity (Wildman–Crippen MR) is 75.3 cm³/mol. The van der Waals surface area contributed by atoms with E-state index in [-0.39, 0.29) is 0 Å². The molecule has 0 radical (unpaired) electrons. The van der Waals surface area contributed by atoms with Crippen molar-refractivity contribution < 1.29 is 4.74 Å². The minimum Gasteiger partial charge on any atom is -0.457 e. The van der Waals surface area contributed by atoms with Crippen molar-refractivity contribution in [2.45, 2.75) is 12.3 Å². The third-order valence-corrected chi connectivity index (χ3v) is 3.38. The summed E-state index contributed by atoms with van der Waals surface area (Å²) in [6.07, 6.45) is 0. The zero-order chi connectivity index (χ0) is 12.3. The normalized spacial score (nSPS) is 10.3.